The van der Waals surface area contributed by atoms with Gasteiger partial charge in [0.15, 0.2) is 0 Å². The van der Waals surface area contributed by atoms with E-state index in [9.17, 15) is 9.59 Å². The van der Waals surface area contributed by atoms with Gasteiger partial charge in [-0.2, -0.15) is 5.10 Å². The van der Waals surface area contributed by atoms with E-state index in [4.69, 9.17) is 4.74 Å². The van der Waals surface area contributed by atoms with Crippen molar-refractivity contribution in [1.29, 1.82) is 0 Å². The first-order valence-corrected chi connectivity index (χ1v) is 10.2. The van der Waals surface area contributed by atoms with E-state index in [0.717, 1.165) is 29.5 Å². The van der Waals surface area contributed by atoms with Gasteiger partial charge in [-0.25, -0.2) is 4.68 Å². The van der Waals surface area contributed by atoms with Crippen molar-refractivity contribution < 1.29 is 9.53 Å². The number of carbonyl (C=O) groups excluding carboxylic acids is 1. The van der Waals surface area contributed by atoms with Crippen LogP contribution in [-0.2, 0) is 11.3 Å². The van der Waals surface area contributed by atoms with E-state index in [1.807, 2.05) is 12.1 Å². The quantitative estimate of drug-likeness (QED) is 0.676. The lowest BCUT2D eigenvalue weighted by Gasteiger charge is -2.30. The first-order chi connectivity index (χ1) is 14.7. The number of rotatable bonds is 6. The first-order valence-electron chi connectivity index (χ1n) is 10.2. The molecule has 2 aromatic heterocycles. The number of piperidine rings is 1. The second-order valence-corrected chi connectivity index (χ2v) is 7.33. The molecule has 3 aromatic rings. The van der Waals surface area contributed by atoms with Crippen molar-refractivity contribution in [3.8, 4) is 0 Å². The molecule has 0 bridgehead atoms. The third-order valence-electron chi connectivity index (χ3n) is 5.35. The molecule has 1 aliphatic heterocycles. The van der Waals surface area contributed by atoms with Crippen LogP contribution in [0.2, 0.25) is 0 Å². The Kier molecular flexibility index (Phi) is 6.04. The van der Waals surface area contributed by atoms with Crippen LogP contribution < -0.4 is 15.8 Å². The van der Waals surface area contributed by atoms with Gasteiger partial charge in [0.1, 0.15) is 5.69 Å². The zero-order chi connectivity index (χ0) is 20.9. The predicted octanol–water partition coefficient (Wildman–Crippen LogP) is 2.68. The molecule has 1 N–H and O–H groups in total. The number of pyridine rings is 1. The van der Waals surface area contributed by atoms with Crippen molar-refractivity contribution in [3.63, 3.8) is 0 Å². The zero-order valence-corrected chi connectivity index (χ0v) is 17.0. The van der Waals surface area contributed by atoms with Gasteiger partial charge in [0.2, 0.25) is 0 Å². The lowest BCUT2D eigenvalue weighted by atomic mass is 10.0. The fourth-order valence-electron chi connectivity index (χ4n) is 3.79. The van der Waals surface area contributed by atoms with Crippen LogP contribution in [0.3, 0.4) is 0 Å². The van der Waals surface area contributed by atoms with E-state index in [1.54, 1.807) is 19.5 Å². The number of aromatic nitrogens is 3. The Morgan fingerprint density at radius 2 is 1.93 bits per heavy atom. The molecule has 4 rings (SSSR count). The van der Waals surface area contributed by atoms with Crippen molar-refractivity contribution in [2.45, 2.75) is 25.8 Å². The average Bonchev–Trinajstić information content (AvgIpc) is 2.79. The monoisotopic (exact) mass is 407 g/mol. The number of amides is 1. The van der Waals surface area contributed by atoms with Gasteiger partial charge >= 0.3 is 0 Å². The summed E-state index contributed by atoms with van der Waals surface area (Å²) in [6, 6.07) is 8.72. The van der Waals surface area contributed by atoms with Crippen molar-refractivity contribution >= 4 is 28.1 Å². The summed E-state index contributed by atoms with van der Waals surface area (Å²) >= 11 is 0. The van der Waals surface area contributed by atoms with Gasteiger partial charge < -0.3 is 15.0 Å². The molecule has 0 unspecified atom stereocenters. The lowest BCUT2D eigenvalue weighted by molar-refractivity contribution is 0.101. The van der Waals surface area contributed by atoms with E-state index < -0.39 is 0 Å². The van der Waals surface area contributed by atoms with E-state index in [1.165, 1.54) is 36.1 Å². The fourth-order valence-corrected chi connectivity index (χ4v) is 3.79. The zero-order valence-electron chi connectivity index (χ0n) is 17.0. The Morgan fingerprint density at radius 1 is 1.10 bits per heavy atom. The number of hydrogen-bond acceptors (Lipinski definition) is 6. The molecule has 1 aliphatic rings. The number of carbonyl (C=O) groups is 1. The Labute approximate surface area is 174 Å². The highest BCUT2D eigenvalue weighted by molar-refractivity contribution is 6.10. The van der Waals surface area contributed by atoms with E-state index in [2.05, 4.69) is 26.4 Å². The van der Waals surface area contributed by atoms with Gasteiger partial charge in [-0.1, -0.05) is 0 Å². The van der Waals surface area contributed by atoms with Gasteiger partial charge in [0, 0.05) is 55.1 Å². The summed E-state index contributed by atoms with van der Waals surface area (Å²) in [5, 5.41) is 9.03. The van der Waals surface area contributed by atoms with Crippen LogP contribution in [0.25, 0.3) is 10.8 Å². The number of nitrogens with zero attached hydrogens (tertiary/aromatic N) is 4. The summed E-state index contributed by atoms with van der Waals surface area (Å²) in [5.41, 5.74) is 1.73. The van der Waals surface area contributed by atoms with Crippen molar-refractivity contribution in [2.24, 2.45) is 0 Å². The molecule has 1 saturated heterocycles. The molecule has 8 nitrogen and oxygen atoms in total. The number of ether oxygens (including phenoxy) is 1. The second kappa shape index (κ2) is 9.04. The van der Waals surface area contributed by atoms with Crippen LogP contribution in [0.4, 0.5) is 11.4 Å². The molecule has 0 radical (unpaired) electrons. The van der Waals surface area contributed by atoms with Crippen LogP contribution in [0.15, 0.2) is 47.5 Å². The fraction of sp³-hybridized carbons (Fsp3) is 0.364. The number of anilines is 2. The minimum absolute atomic E-state index is 0.169. The minimum atomic E-state index is -0.378. The second-order valence-electron chi connectivity index (χ2n) is 7.33. The summed E-state index contributed by atoms with van der Waals surface area (Å²) < 4.78 is 6.23. The predicted molar refractivity (Wildman–Crippen MR) is 116 cm³/mol. The normalized spacial score (nSPS) is 14.1. The Morgan fingerprint density at radius 3 is 2.73 bits per heavy atom. The molecule has 156 valence electrons. The van der Waals surface area contributed by atoms with E-state index in [0.29, 0.717) is 12.3 Å². The highest BCUT2D eigenvalue weighted by Crippen LogP contribution is 2.33. The van der Waals surface area contributed by atoms with Gasteiger partial charge in [0.05, 0.1) is 18.8 Å². The van der Waals surface area contributed by atoms with Crippen molar-refractivity contribution in [2.75, 3.05) is 37.0 Å². The summed E-state index contributed by atoms with van der Waals surface area (Å²) in [4.78, 5) is 31.4. The number of methoxy groups -OCH3 is 1. The topological polar surface area (TPSA) is 89.3 Å². The van der Waals surface area contributed by atoms with Gasteiger partial charge in [-0.3, -0.25) is 14.6 Å². The standard InChI is InChI=1S/C22H25N5O3/c1-30-14-13-27-21(28)8-6-19(25-27)22(29)24-18-5-7-20(26-11-3-2-4-12-26)16-9-10-23-15-17(16)18/h5-10,15H,2-4,11-14H2,1H3,(H,24,29). The molecule has 30 heavy (non-hydrogen) atoms. The molecule has 0 saturated carbocycles. The molecule has 0 atom stereocenters. The molecule has 8 heteroatoms. The number of fused-ring (bicyclic) bond motifs is 1. The van der Waals surface area contributed by atoms with Crippen LogP contribution in [0.5, 0.6) is 0 Å². The molecule has 0 aliphatic carbocycles. The van der Waals surface area contributed by atoms with Gasteiger partial charge in [0.25, 0.3) is 11.5 Å². The molecule has 1 fully saturated rings. The summed E-state index contributed by atoms with van der Waals surface area (Å²) in [7, 11) is 1.55. The van der Waals surface area contributed by atoms with Gasteiger partial charge in [-0.05, 0) is 43.5 Å². The molecule has 1 aromatic carbocycles. The highest BCUT2D eigenvalue weighted by atomic mass is 16.5. The van der Waals surface area contributed by atoms with Crippen LogP contribution in [0, 0.1) is 0 Å². The third-order valence-corrected chi connectivity index (χ3v) is 5.35. The SMILES string of the molecule is COCCn1nc(C(=O)Nc2ccc(N3CCCCC3)c3ccncc23)ccc1=O. The Balaban J connectivity index is 1.63. The number of benzene rings is 1. The molecular formula is C22H25N5O3. The maximum atomic E-state index is 12.8. The smallest absolute Gasteiger partial charge is 0.276 e. The Hall–Kier alpha value is -3.26. The van der Waals surface area contributed by atoms with Crippen molar-refractivity contribution in [1.82, 2.24) is 14.8 Å². The van der Waals surface area contributed by atoms with Crippen LogP contribution in [-0.4, -0.2) is 47.5 Å². The van der Waals surface area contributed by atoms with E-state index in [-0.39, 0.29) is 23.7 Å². The molecule has 1 amide bonds. The van der Waals surface area contributed by atoms with Crippen LogP contribution in [0.1, 0.15) is 29.8 Å². The lowest BCUT2D eigenvalue weighted by Crippen LogP contribution is -2.29. The summed E-state index contributed by atoms with van der Waals surface area (Å²) in [5.74, 6) is -0.378. The van der Waals surface area contributed by atoms with Crippen molar-refractivity contribution in [3.05, 3.63) is 58.8 Å². The van der Waals surface area contributed by atoms with Gasteiger partial charge in [-0.15, -0.1) is 0 Å². The highest BCUT2D eigenvalue weighted by Gasteiger charge is 2.17. The third kappa shape index (κ3) is 4.18. The summed E-state index contributed by atoms with van der Waals surface area (Å²) in [6.07, 6.45) is 7.19. The minimum Gasteiger partial charge on any atom is -0.383 e. The van der Waals surface area contributed by atoms with Crippen LogP contribution >= 0.6 is 0 Å². The molecule has 3 heterocycles. The first kappa shape index (κ1) is 20.0. The number of hydrogen-bond donors (Lipinski definition) is 1. The summed E-state index contributed by atoms with van der Waals surface area (Å²) in [6.45, 7) is 2.70. The van der Waals surface area contributed by atoms with E-state index >= 15 is 0 Å². The number of nitrogens with one attached hydrogen (secondary N) is 1. The average molecular weight is 407 g/mol. The maximum absolute atomic E-state index is 12.8. The molecule has 0 spiro atoms. The maximum Gasteiger partial charge on any atom is 0.276 e. The Bertz CT molecular complexity index is 1110. The molecular weight excluding hydrogens is 382 g/mol. The largest absolute Gasteiger partial charge is 0.383 e.